The first-order valence-electron chi connectivity index (χ1n) is 6.41. The van der Waals surface area contributed by atoms with E-state index < -0.39 is 0 Å². The number of likely N-dealkylation sites (tertiary alicyclic amines) is 1. The molecule has 1 aromatic rings. The molecule has 1 fully saturated rings. The Kier molecular flexibility index (Phi) is 4.20. The largest absolute Gasteiger partial charge is 0.508 e. The van der Waals surface area contributed by atoms with Crippen LogP contribution in [0.5, 0.6) is 5.75 Å². The molecule has 4 nitrogen and oxygen atoms in total. The number of piperidine rings is 1. The number of hydrogen-bond donors (Lipinski definition) is 2. The van der Waals surface area contributed by atoms with Crippen LogP contribution >= 0.6 is 23.8 Å². The fraction of sp³-hybridized carbons (Fsp3) is 0.429. The lowest BCUT2D eigenvalue weighted by Gasteiger charge is -2.38. The molecule has 0 atom stereocenters. The highest BCUT2D eigenvalue weighted by atomic mass is 35.5. The van der Waals surface area contributed by atoms with Gasteiger partial charge in [0.2, 0.25) is 0 Å². The first-order chi connectivity index (χ1) is 9.33. The fourth-order valence-electron chi connectivity index (χ4n) is 2.30. The minimum absolute atomic E-state index is 0.0303. The molecular weight excluding hydrogens is 296 g/mol. The van der Waals surface area contributed by atoms with E-state index >= 15 is 0 Å². The molecule has 1 aliphatic rings. The van der Waals surface area contributed by atoms with Crippen molar-refractivity contribution in [3.05, 3.63) is 28.8 Å². The molecule has 3 N–H and O–H groups in total. The van der Waals surface area contributed by atoms with Gasteiger partial charge in [-0.15, -0.1) is 0 Å². The summed E-state index contributed by atoms with van der Waals surface area (Å²) >= 11 is 11.1. The van der Waals surface area contributed by atoms with Gasteiger partial charge in [-0.2, -0.15) is 0 Å². The Morgan fingerprint density at radius 3 is 2.60 bits per heavy atom. The number of nitrogens with zero attached hydrogens (tertiary/aromatic N) is 1. The quantitative estimate of drug-likeness (QED) is 0.824. The number of carbonyl (C=O) groups excluding carboxylic acids is 1. The van der Waals surface area contributed by atoms with Gasteiger partial charge in [-0.25, -0.2) is 0 Å². The Labute approximate surface area is 128 Å². The molecule has 6 heteroatoms. The second-order valence-electron chi connectivity index (χ2n) is 5.38. The average molecular weight is 313 g/mol. The zero-order valence-electron chi connectivity index (χ0n) is 11.2. The first kappa shape index (κ1) is 15.1. The number of halogens is 1. The maximum absolute atomic E-state index is 12.4. The normalized spacial score (nSPS) is 17.8. The molecule has 0 spiro atoms. The first-order valence-corrected chi connectivity index (χ1v) is 7.20. The average Bonchev–Trinajstić information content (AvgIpc) is 2.41. The van der Waals surface area contributed by atoms with E-state index in [4.69, 9.17) is 29.6 Å². The zero-order valence-corrected chi connectivity index (χ0v) is 12.8. The van der Waals surface area contributed by atoms with Gasteiger partial charge in [-0.05, 0) is 31.0 Å². The highest BCUT2D eigenvalue weighted by Crippen LogP contribution is 2.32. The number of amides is 1. The van der Waals surface area contributed by atoms with Gasteiger partial charge in [0.25, 0.3) is 5.91 Å². The van der Waals surface area contributed by atoms with Gasteiger partial charge in [0.1, 0.15) is 5.75 Å². The summed E-state index contributed by atoms with van der Waals surface area (Å²) in [5, 5.41) is 9.82. The number of carbonyl (C=O) groups is 1. The van der Waals surface area contributed by atoms with Gasteiger partial charge in [0, 0.05) is 18.5 Å². The van der Waals surface area contributed by atoms with E-state index in [1.165, 1.54) is 18.2 Å². The molecular formula is C14H17ClN2O2S. The van der Waals surface area contributed by atoms with E-state index in [0.29, 0.717) is 28.7 Å². The van der Waals surface area contributed by atoms with Crippen molar-refractivity contribution in [1.82, 2.24) is 4.90 Å². The maximum atomic E-state index is 12.4. The van der Waals surface area contributed by atoms with Gasteiger partial charge >= 0.3 is 0 Å². The molecule has 0 saturated carbocycles. The van der Waals surface area contributed by atoms with Crippen molar-refractivity contribution in [3.63, 3.8) is 0 Å². The topological polar surface area (TPSA) is 66.6 Å². The molecule has 2 rings (SSSR count). The van der Waals surface area contributed by atoms with Gasteiger partial charge in [-0.3, -0.25) is 4.79 Å². The summed E-state index contributed by atoms with van der Waals surface area (Å²) in [7, 11) is 0. The highest BCUT2D eigenvalue weighted by Gasteiger charge is 2.34. The Bertz CT molecular complexity index is 554. The Hall–Kier alpha value is -1.33. The summed E-state index contributed by atoms with van der Waals surface area (Å²) in [6, 6.07) is 4.37. The van der Waals surface area contributed by atoms with Crippen molar-refractivity contribution >= 4 is 34.7 Å². The van der Waals surface area contributed by atoms with E-state index in [0.717, 1.165) is 12.8 Å². The highest BCUT2D eigenvalue weighted by molar-refractivity contribution is 7.80. The van der Waals surface area contributed by atoms with Crippen LogP contribution in [0, 0.1) is 5.41 Å². The third-order valence-electron chi connectivity index (χ3n) is 3.93. The number of hydrogen-bond acceptors (Lipinski definition) is 3. The van der Waals surface area contributed by atoms with E-state index in [9.17, 15) is 9.90 Å². The summed E-state index contributed by atoms with van der Waals surface area (Å²) < 4.78 is 0. The van der Waals surface area contributed by atoms with Crippen LogP contribution in [0.25, 0.3) is 0 Å². The molecule has 0 aromatic heterocycles. The summed E-state index contributed by atoms with van der Waals surface area (Å²) in [4.78, 5) is 14.6. The molecule has 0 radical (unpaired) electrons. The van der Waals surface area contributed by atoms with Crippen LogP contribution in [0.3, 0.4) is 0 Å². The van der Waals surface area contributed by atoms with Crippen LogP contribution < -0.4 is 5.73 Å². The maximum Gasteiger partial charge on any atom is 0.255 e. The van der Waals surface area contributed by atoms with Crippen LogP contribution in [0.2, 0.25) is 5.02 Å². The minimum Gasteiger partial charge on any atom is -0.508 e. The molecule has 108 valence electrons. The third kappa shape index (κ3) is 2.88. The van der Waals surface area contributed by atoms with E-state index in [1.54, 1.807) is 4.90 Å². The number of phenolic OH excluding ortho intramolecular Hbond substituents is 1. The molecule has 1 amide bonds. The minimum atomic E-state index is -0.186. The molecule has 0 bridgehead atoms. The molecule has 0 unspecified atom stereocenters. The zero-order chi connectivity index (χ0) is 14.9. The lowest BCUT2D eigenvalue weighted by Crippen LogP contribution is -2.46. The smallest absolute Gasteiger partial charge is 0.255 e. The molecule has 1 aromatic carbocycles. The van der Waals surface area contributed by atoms with Crippen molar-refractivity contribution in [2.45, 2.75) is 19.8 Å². The molecule has 1 aliphatic heterocycles. The molecule has 1 saturated heterocycles. The van der Waals surface area contributed by atoms with Gasteiger partial charge in [0.15, 0.2) is 0 Å². The molecule has 1 heterocycles. The number of thiocarbonyl (C=S) groups is 1. The Balaban J connectivity index is 2.13. The molecule has 0 aliphatic carbocycles. The van der Waals surface area contributed by atoms with Crippen LogP contribution in [-0.4, -0.2) is 34.0 Å². The number of rotatable bonds is 2. The van der Waals surface area contributed by atoms with Crippen molar-refractivity contribution < 1.29 is 9.90 Å². The van der Waals surface area contributed by atoms with Crippen molar-refractivity contribution in [1.29, 1.82) is 0 Å². The Morgan fingerprint density at radius 1 is 1.45 bits per heavy atom. The van der Waals surface area contributed by atoms with Crippen LogP contribution in [0.15, 0.2) is 18.2 Å². The van der Waals surface area contributed by atoms with Gasteiger partial charge < -0.3 is 15.7 Å². The van der Waals surface area contributed by atoms with Crippen LogP contribution in [0.4, 0.5) is 0 Å². The lowest BCUT2D eigenvalue weighted by atomic mass is 9.80. The summed E-state index contributed by atoms with van der Waals surface area (Å²) in [6.07, 6.45) is 1.48. The number of phenols is 1. The Morgan fingerprint density at radius 2 is 2.05 bits per heavy atom. The SMILES string of the molecule is CC1(C(N)=S)CCN(C(=O)c2cc(O)ccc2Cl)CC1. The number of benzene rings is 1. The second kappa shape index (κ2) is 5.58. The third-order valence-corrected chi connectivity index (χ3v) is 4.75. The van der Waals surface area contributed by atoms with Gasteiger partial charge in [0.05, 0.1) is 15.6 Å². The van der Waals surface area contributed by atoms with E-state index in [-0.39, 0.29) is 17.1 Å². The van der Waals surface area contributed by atoms with Crippen molar-refractivity contribution in [3.8, 4) is 5.75 Å². The van der Waals surface area contributed by atoms with Crippen molar-refractivity contribution in [2.75, 3.05) is 13.1 Å². The summed E-state index contributed by atoms with van der Waals surface area (Å²) in [5.41, 5.74) is 5.89. The summed E-state index contributed by atoms with van der Waals surface area (Å²) in [5.74, 6) is -0.140. The number of aromatic hydroxyl groups is 1. The monoisotopic (exact) mass is 312 g/mol. The van der Waals surface area contributed by atoms with Crippen molar-refractivity contribution in [2.24, 2.45) is 11.1 Å². The lowest BCUT2D eigenvalue weighted by molar-refractivity contribution is 0.0670. The number of nitrogens with two attached hydrogens (primary N) is 1. The van der Waals surface area contributed by atoms with Gasteiger partial charge in [-0.1, -0.05) is 30.7 Å². The van der Waals surface area contributed by atoms with Crippen LogP contribution in [-0.2, 0) is 0 Å². The van der Waals surface area contributed by atoms with Crippen LogP contribution in [0.1, 0.15) is 30.1 Å². The standard InChI is InChI=1S/C14H17ClN2O2S/c1-14(13(16)20)4-6-17(7-5-14)12(19)10-8-9(18)2-3-11(10)15/h2-3,8,18H,4-7H2,1H3,(H2,16,20). The predicted octanol–water partition coefficient (Wildman–Crippen LogP) is 2.57. The molecule has 20 heavy (non-hydrogen) atoms. The fourth-order valence-corrected chi connectivity index (χ4v) is 2.70. The predicted molar refractivity (Wildman–Crippen MR) is 83.1 cm³/mol. The second-order valence-corrected chi connectivity index (χ2v) is 6.23. The summed E-state index contributed by atoms with van der Waals surface area (Å²) in [6.45, 7) is 3.19. The van der Waals surface area contributed by atoms with E-state index in [2.05, 4.69) is 0 Å². The van der Waals surface area contributed by atoms with E-state index in [1.807, 2.05) is 6.92 Å².